The largest absolute Gasteiger partial charge is 0.330 e. The normalized spacial score (nSPS) is 12.9. The van der Waals surface area contributed by atoms with E-state index in [-0.39, 0.29) is 0 Å². The first-order valence-corrected chi connectivity index (χ1v) is 6.09. The van der Waals surface area contributed by atoms with Gasteiger partial charge in [0.2, 0.25) is 0 Å². The van der Waals surface area contributed by atoms with Crippen molar-refractivity contribution in [3.8, 4) is 0 Å². The fraction of sp³-hybridized carbons (Fsp3) is 0.400. The van der Waals surface area contributed by atoms with Gasteiger partial charge in [-0.2, -0.15) is 0 Å². The van der Waals surface area contributed by atoms with Crippen molar-refractivity contribution in [2.24, 2.45) is 5.73 Å². The molecular weight excluding hydrogens is 237 g/mol. The second-order valence-corrected chi connectivity index (χ2v) is 5.41. The van der Waals surface area contributed by atoms with Gasteiger partial charge in [0, 0.05) is 10.1 Å². The third-order valence-electron chi connectivity index (χ3n) is 1.80. The second-order valence-electron chi connectivity index (χ2n) is 3.08. The summed E-state index contributed by atoms with van der Waals surface area (Å²) in [5, 5.41) is 1.72. The van der Waals surface area contributed by atoms with Crippen molar-refractivity contribution in [2.75, 3.05) is 6.54 Å². The Morgan fingerprint density at radius 1 is 1.36 bits per heavy atom. The molecule has 1 aromatic carbocycles. The van der Waals surface area contributed by atoms with Gasteiger partial charge in [0.05, 0.1) is 10.0 Å². The Balaban J connectivity index is 2.63. The molecule has 0 aliphatic rings. The molecule has 1 atom stereocenters. The number of benzene rings is 1. The van der Waals surface area contributed by atoms with E-state index >= 15 is 0 Å². The Kier molecular flexibility index (Phi) is 5.10. The molecule has 1 aromatic rings. The summed E-state index contributed by atoms with van der Waals surface area (Å²) in [4.78, 5) is 1.14. The average molecular weight is 250 g/mol. The maximum Gasteiger partial charge on any atom is 0.0603 e. The molecule has 0 aromatic heterocycles. The van der Waals surface area contributed by atoms with E-state index in [0.29, 0.717) is 15.3 Å². The minimum atomic E-state index is 0.511. The smallest absolute Gasteiger partial charge is 0.0603 e. The number of hydrogen-bond donors (Lipinski definition) is 1. The van der Waals surface area contributed by atoms with Crippen molar-refractivity contribution in [1.29, 1.82) is 0 Å². The van der Waals surface area contributed by atoms with Crippen LogP contribution in [0.2, 0.25) is 10.0 Å². The van der Waals surface area contributed by atoms with E-state index in [9.17, 15) is 0 Å². The van der Waals surface area contributed by atoms with Crippen LogP contribution in [0.5, 0.6) is 0 Å². The number of rotatable bonds is 4. The van der Waals surface area contributed by atoms with Crippen molar-refractivity contribution in [3.63, 3.8) is 0 Å². The van der Waals surface area contributed by atoms with Gasteiger partial charge in [0.15, 0.2) is 0 Å². The minimum absolute atomic E-state index is 0.511. The highest BCUT2D eigenvalue weighted by molar-refractivity contribution is 7.99. The summed E-state index contributed by atoms with van der Waals surface area (Å²) >= 11 is 13.5. The molecule has 1 rings (SSSR count). The highest BCUT2D eigenvalue weighted by atomic mass is 35.5. The fourth-order valence-corrected chi connectivity index (χ4v) is 2.49. The van der Waals surface area contributed by atoms with Crippen LogP contribution in [-0.2, 0) is 0 Å². The van der Waals surface area contributed by atoms with E-state index < -0.39 is 0 Å². The van der Waals surface area contributed by atoms with E-state index in [2.05, 4.69) is 6.92 Å². The fourth-order valence-electron chi connectivity index (χ4n) is 1.08. The van der Waals surface area contributed by atoms with Crippen molar-refractivity contribution in [3.05, 3.63) is 28.2 Å². The van der Waals surface area contributed by atoms with Crippen LogP contribution in [0.25, 0.3) is 0 Å². The Morgan fingerprint density at radius 2 is 2.07 bits per heavy atom. The molecule has 1 nitrogen and oxygen atoms in total. The lowest BCUT2D eigenvalue weighted by atomic mass is 10.3. The summed E-state index contributed by atoms with van der Waals surface area (Å²) < 4.78 is 0. The van der Waals surface area contributed by atoms with Crippen LogP contribution in [0.4, 0.5) is 0 Å². The molecule has 0 saturated heterocycles. The predicted octanol–water partition coefficient (Wildman–Crippen LogP) is 3.82. The summed E-state index contributed by atoms with van der Waals surface area (Å²) in [6.07, 6.45) is 1.00. The molecule has 0 saturated carbocycles. The molecule has 14 heavy (non-hydrogen) atoms. The highest BCUT2D eigenvalue weighted by Gasteiger charge is 2.05. The van der Waals surface area contributed by atoms with Crippen LogP contribution >= 0.6 is 35.0 Å². The standard InChI is InChI=1S/C10H13Cl2NS/c1-7(4-5-13)14-8-2-3-9(11)10(12)6-8/h2-3,6-7H,4-5,13H2,1H3. The monoisotopic (exact) mass is 249 g/mol. The topological polar surface area (TPSA) is 26.0 Å². The lowest BCUT2D eigenvalue weighted by Gasteiger charge is -2.09. The van der Waals surface area contributed by atoms with Gasteiger partial charge in [0.25, 0.3) is 0 Å². The van der Waals surface area contributed by atoms with Crippen molar-refractivity contribution in [1.82, 2.24) is 0 Å². The van der Waals surface area contributed by atoms with Gasteiger partial charge in [-0.15, -0.1) is 11.8 Å². The van der Waals surface area contributed by atoms with Gasteiger partial charge in [-0.1, -0.05) is 30.1 Å². The number of nitrogens with two attached hydrogens (primary N) is 1. The van der Waals surface area contributed by atoms with Crippen LogP contribution in [0, 0.1) is 0 Å². The maximum absolute atomic E-state index is 5.90. The van der Waals surface area contributed by atoms with Gasteiger partial charge >= 0.3 is 0 Å². The zero-order valence-electron chi connectivity index (χ0n) is 7.97. The third kappa shape index (κ3) is 3.70. The van der Waals surface area contributed by atoms with Crippen LogP contribution in [0.1, 0.15) is 13.3 Å². The molecule has 0 aliphatic carbocycles. The predicted molar refractivity (Wildman–Crippen MR) is 65.5 cm³/mol. The van der Waals surface area contributed by atoms with E-state index in [0.717, 1.165) is 17.9 Å². The molecule has 78 valence electrons. The lowest BCUT2D eigenvalue weighted by Crippen LogP contribution is -2.06. The zero-order valence-corrected chi connectivity index (χ0v) is 10.3. The first-order chi connectivity index (χ1) is 6.63. The lowest BCUT2D eigenvalue weighted by molar-refractivity contribution is 0.823. The molecule has 0 spiro atoms. The Hall–Kier alpha value is 0.110. The van der Waals surface area contributed by atoms with Gasteiger partial charge < -0.3 is 5.73 Å². The van der Waals surface area contributed by atoms with Crippen LogP contribution < -0.4 is 5.73 Å². The first-order valence-electron chi connectivity index (χ1n) is 4.45. The Labute approximate surface area is 99.0 Å². The molecule has 2 N–H and O–H groups in total. The number of halogens is 2. The summed E-state index contributed by atoms with van der Waals surface area (Å²) in [7, 11) is 0. The summed E-state index contributed by atoms with van der Waals surface area (Å²) in [6.45, 7) is 2.87. The van der Waals surface area contributed by atoms with Crippen LogP contribution in [0.3, 0.4) is 0 Å². The second kappa shape index (κ2) is 5.86. The van der Waals surface area contributed by atoms with Gasteiger partial charge in [-0.3, -0.25) is 0 Å². The first kappa shape index (κ1) is 12.2. The molecule has 0 heterocycles. The van der Waals surface area contributed by atoms with Crippen molar-refractivity contribution >= 4 is 35.0 Å². The third-order valence-corrected chi connectivity index (χ3v) is 3.70. The number of thioether (sulfide) groups is 1. The SMILES string of the molecule is CC(CCN)Sc1ccc(Cl)c(Cl)c1. The molecule has 0 amide bonds. The Bertz CT molecular complexity index is 304. The molecule has 0 bridgehead atoms. The average Bonchev–Trinajstić information content (AvgIpc) is 2.12. The molecule has 1 unspecified atom stereocenters. The van der Waals surface area contributed by atoms with E-state index in [1.54, 1.807) is 11.8 Å². The van der Waals surface area contributed by atoms with Gasteiger partial charge in [-0.05, 0) is 31.2 Å². The Morgan fingerprint density at radius 3 is 2.64 bits per heavy atom. The van der Waals surface area contributed by atoms with Crippen molar-refractivity contribution in [2.45, 2.75) is 23.5 Å². The molecule has 0 radical (unpaired) electrons. The molecule has 4 heteroatoms. The molecular formula is C10H13Cl2NS. The van der Waals surface area contributed by atoms with E-state index in [1.807, 2.05) is 18.2 Å². The van der Waals surface area contributed by atoms with Crippen LogP contribution in [-0.4, -0.2) is 11.8 Å². The van der Waals surface area contributed by atoms with E-state index in [1.165, 1.54) is 0 Å². The summed E-state index contributed by atoms with van der Waals surface area (Å²) in [5.41, 5.74) is 5.48. The summed E-state index contributed by atoms with van der Waals surface area (Å²) in [5.74, 6) is 0. The highest BCUT2D eigenvalue weighted by Crippen LogP contribution is 2.30. The summed E-state index contributed by atoms with van der Waals surface area (Å²) in [6, 6.07) is 5.69. The molecule has 0 fully saturated rings. The maximum atomic E-state index is 5.90. The molecule has 0 aliphatic heterocycles. The van der Waals surface area contributed by atoms with Crippen LogP contribution in [0.15, 0.2) is 23.1 Å². The van der Waals surface area contributed by atoms with Gasteiger partial charge in [0.1, 0.15) is 0 Å². The quantitative estimate of drug-likeness (QED) is 0.822. The number of hydrogen-bond acceptors (Lipinski definition) is 2. The van der Waals surface area contributed by atoms with Gasteiger partial charge in [-0.25, -0.2) is 0 Å². The van der Waals surface area contributed by atoms with Crippen molar-refractivity contribution < 1.29 is 0 Å². The minimum Gasteiger partial charge on any atom is -0.330 e. The zero-order chi connectivity index (χ0) is 10.6. The van der Waals surface area contributed by atoms with E-state index in [4.69, 9.17) is 28.9 Å².